The highest BCUT2D eigenvalue weighted by Gasteiger charge is 2.27. The van der Waals surface area contributed by atoms with Crippen molar-refractivity contribution in [3.8, 4) is 0 Å². The van der Waals surface area contributed by atoms with Crippen molar-refractivity contribution < 1.29 is 0 Å². The number of likely N-dealkylation sites (N-methyl/N-ethyl adjacent to an activating group) is 1. The predicted molar refractivity (Wildman–Crippen MR) is 133 cm³/mol. The summed E-state index contributed by atoms with van der Waals surface area (Å²) in [6.07, 6.45) is 7.53. The van der Waals surface area contributed by atoms with Crippen LogP contribution in [0.25, 0.3) is 11.0 Å². The molecule has 0 bridgehead atoms. The van der Waals surface area contributed by atoms with E-state index in [9.17, 15) is 4.79 Å². The minimum atomic E-state index is 0.0148. The average molecular weight is 434 g/mol. The molecule has 32 heavy (non-hydrogen) atoms. The van der Waals surface area contributed by atoms with Crippen LogP contribution in [0.4, 0.5) is 17.1 Å². The number of nitrogens with zero attached hydrogens (tertiary/aromatic N) is 3. The maximum absolute atomic E-state index is 12.9. The molecule has 2 N–H and O–H groups in total. The lowest BCUT2D eigenvalue weighted by Gasteiger charge is -2.25. The molecule has 2 fully saturated rings. The van der Waals surface area contributed by atoms with Crippen LogP contribution in [0.1, 0.15) is 38.5 Å². The molecular formula is C26H35N5O. The van der Waals surface area contributed by atoms with E-state index in [0.29, 0.717) is 12.0 Å². The highest BCUT2D eigenvalue weighted by Crippen LogP contribution is 2.36. The largest absolute Gasteiger partial charge is 0.368 e. The monoisotopic (exact) mass is 433 g/mol. The molecule has 0 amide bonds. The van der Waals surface area contributed by atoms with Gasteiger partial charge in [0.05, 0.1) is 22.4 Å². The average Bonchev–Trinajstić information content (AvgIpc) is 3.40. The van der Waals surface area contributed by atoms with Gasteiger partial charge in [-0.2, -0.15) is 0 Å². The number of H-pyrrole nitrogens is 1. The lowest BCUT2D eigenvalue weighted by Crippen LogP contribution is -2.31. The number of fused-ring (bicyclic) bond motifs is 1. The van der Waals surface area contributed by atoms with Crippen LogP contribution in [0.2, 0.25) is 0 Å². The molecule has 3 aromatic rings. The number of nitrogens with one attached hydrogen (secondary N) is 2. The molecule has 1 aromatic heterocycles. The van der Waals surface area contributed by atoms with Crippen LogP contribution in [0.5, 0.6) is 0 Å². The topological polar surface area (TPSA) is 56.3 Å². The summed E-state index contributed by atoms with van der Waals surface area (Å²) in [5, 5.41) is 3.61. The van der Waals surface area contributed by atoms with Crippen molar-refractivity contribution in [1.29, 1.82) is 0 Å². The Morgan fingerprint density at radius 2 is 1.84 bits per heavy atom. The summed E-state index contributed by atoms with van der Waals surface area (Å²) in [6.45, 7) is 2.85. The zero-order valence-corrected chi connectivity index (χ0v) is 19.3. The molecule has 1 saturated carbocycles. The van der Waals surface area contributed by atoms with Crippen molar-refractivity contribution in [2.45, 2.75) is 51.1 Å². The summed E-state index contributed by atoms with van der Waals surface area (Å²) in [6, 6.07) is 15.2. The number of benzene rings is 2. The van der Waals surface area contributed by atoms with Gasteiger partial charge in [-0.05, 0) is 63.5 Å². The number of aromatic amines is 1. The number of para-hydroxylation sites is 1. The molecule has 1 saturated heterocycles. The van der Waals surface area contributed by atoms with E-state index < -0.39 is 0 Å². The van der Waals surface area contributed by atoms with E-state index in [0.717, 1.165) is 48.5 Å². The first-order valence-corrected chi connectivity index (χ1v) is 12.1. The summed E-state index contributed by atoms with van der Waals surface area (Å²) in [5.74, 6) is 0.607. The molecule has 0 radical (unpaired) electrons. The van der Waals surface area contributed by atoms with Crippen molar-refractivity contribution >= 4 is 28.1 Å². The van der Waals surface area contributed by atoms with Gasteiger partial charge in [0.1, 0.15) is 0 Å². The summed E-state index contributed by atoms with van der Waals surface area (Å²) in [4.78, 5) is 20.8. The van der Waals surface area contributed by atoms with E-state index in [4.69, 9.17) is 0 Å². The van der Waals surface area contributed by atoms with Gasteiger partial charge in [-0.25, -0.2) is 4.79 Å². The molecule has 1 aliphatic heterocycles. The van der Waals surface area contributed by atoms with Crippen LogP contribution in [-0.2, 0) is 6.54 Å². The molecule has 5 rings (SSSR count). The molecule has 6 nitrogen and oxygen atoms in total. The van der Waals surface area contributed by atoms with E-state index in [2.05, 4.69) is 58.5 Å². The van der Waals surface area contributed by atoms with Crippen LogP contribution in [0.15, 0.2) is 47.3 Å². The van der Waals surface area contributed by atoms with E-state index in [1.54, 1.807) is 0 Å². The van der Waals surface area contributed by atoms with Gasteiger partial charge in [-0.15, -0.1) is 0 Å². The molecule has 170 valence electrons. The number of aromatic nitrogens is 2. The quantitative estimate of drug-likeness (QED) is 0.587. The van der Waals surface area contributed by atoms with E-state index in [1.807, 2.05) is 22.8 Å². The summed E-state index contributed by atoms with van der Waals surface area (Å²) < 4.78 is 1.99. The molecule has 0 unspecified atom stereocenters. The molecular weight excluding hydrogens is 398 g/mol. The lowest BCUT2D eigenvalue weighted by atomic mass is 9.89. The third-order valence-corrected chi connectivity index (χ3v) is 7.34. The summed E-state index contributed by atoms with van der Waals surface area (Å²) in [7, 11) is 4.32. The molecule has 1 atom stereocenters. The van der Waals surface area contributed by atoms with Gasteiger partial charge in [0.25, 0.3) is 0 Å². The Morgan fingerprint density at radius 1 is 1.06 bits per heavy atom. The molecule has 2 aromatic carbocycles. The minimum Gasteiger partial charge on any atom is -0.368 e. The van der Waals surface area contributed by atoms with Gasteiger partial charge in [0.2, 0.25) is 0 Å². The smallest absolute Gasteiger partial charge is 0.326 e. The van der Waals surface area contributed by atoms with E-state index >= 15 is 0 Å². The lowest BCUT2D eigenvalue weighted by molar-refractivity contribution is 0.315. The van der Waals surface area contributed by atoms with E-state index in [-0.39, 0.29) is 5.69 Å². The van der Waals surface area contributed by atoms with Gasteiger partial charge in [0, 0.05) is 31.4 Å². The van der Waals surface area contributed by atoms with E-state index in [1.165, 1.54) is 37.8 Å². The number of anilines is 3. The fourth-order valence-electron chi connectivity index (χ4n) is 5.42. The first-order valence-electron chi connectivity index (χ1n) is 12.1. The molecule has 0 spiro atoms. The Labute approximate surface area is 190 Å². The Morgan fingerprint density at radius 3 is 2.56 bits per heavy atom. The second-order valence-corrected chi connectivity index (χ2v) is 9.77. The molecule has 2 aliphatic rings. The second kappa shape index (κ2) is 9.02. The Hall–Kier alpha value is -2.73. The Kier molecular flexibility index (Phi) is 5.96. The minimum absolute atomic E-state index is 0.0148. The molecule has 1 aliphatic carbocycles. The van der Waals surface area contributed by atoms with Crippen molar-refractivity contribution in [3.05, 3.63) is 52.9 Å². The van der Waals surface area contributed by atoms with Gasteiger partial charge in [-0.1, -0.05) is 37.5 Å². The predicted octanol–water partition coefficient (Wildman–Crippen LogP) is 4.79. The number of rotatable bonds is 6. The van der Waals surface area contributed by atoms with Crippen molar-refractivity contribution in [3.63, 3.8) is 0 Å². The van der Waals surface area contributed by atoms with Gasteiger partial charge in [-0.3, -0.25) is 4.57 Å². The standard InChI is InChI=1S/C26H35N5O/c1-29(2)21-13-14-30(18-21)24-16-25-23(15-22(24)27-20-11-7-4-8-12-20)28-26(32)31(25)17-19-9-5-3-6-10-19/h4,7-8,11-12,15-16,19,21,27H,3,5-6,9-10,13-14,17-18H2,1-2H3,(H,28,32)/t21-/m1/s1. The number of hydrogen-bond acceptors (Lipinski definition) is 4. The third kappa shape index (κ3) is 4.29. The SMILES string of the molecule is CN(C)[C@@H]1CCN(c2cc3c(cc2Nc2ccccc2)[nH]c(=O)n3CC2CCCCC2)C1. The normalized spacial score (nSPS) is 19.8. The first kappa shape index (κ1) is 21.1. The zero-order chi connectivity index (χ0) is 22.1. The van der Waals surface area contributed by atoms with Crippen LogP contribution in [0.3, 0.4) is 0 Å². The summed E-state index contributed by atoms with van der Waals surface area (Å²) >= 11 is 0. The van der Waals surface area contributed by atoms with Crippen molar-refractivity contribution in [1.82, 2.24) is 14.5 Å². The number of hydrogen-bond donors (Lipinski definition) is 2. The van der Waals surface area contributed by atoms with Crippen LogP contribution >= 0.6 is 0 Å². The van der Waals surface area contributed by atoms with Gasteiger partial charge in [0.15, 0.2) is 0 Å². The van der Waals surface area contributed by atoms with Crippen molar-refractivity contribution in [2.24, 2.45) is 5.92 Å². The highest BCUT2D eigenvalue weighted by molar-refractivity contribution is 5.90. The maximum atomic E-state index is 12.9. The van der Waals surface area contributed by atoms with Gasteiger partial charge >= 0.3 is 5.69 Å². The van der Waals surface area contributed by atoms with Gasteiger partial charge < -0.3 is 20.1 Å². The van der Waals surface area contributed by atoms with Crippen molar-refractivity contribution in [2.75, 3.05) is 37.4 Å². The molecule has 6 heteroatoms. The Bertz CT molecular complexity index is 1110. The first-order chi connectivity index (χ1) is 15.6. The zero-order valence-electron chi connectivity index (χ0n) is 19.3. The second-order valence-electron chi connectivity index (χ2n) is 9.77. The summed E-state index contributed by atoms with van der Waals surface area (Å²) in [5.41, 5.74) is 5.25. The fourth-order valence-corrected chi connectivity index (χ4v) is 5.42. The third-order valence-electron chi connectivity index (χ3n) is 7.34. The maximum Gasteiger partial charge on any atom is 0.326 e. The fraction of sp³-hybridized carbons (Fsp3) is 0.500. The van der Waals surface area contributed by atoms with Crippen LogP contribution < -0.4 is 15.9 Å². The van der Waals surface area contributed by atoms with Crippen LogP contribution in [-0.4, -0.2) is 47.7 Å². The molecule has 2 heterocycles. The highest BCUT2D eigenvalue weighted by atomic mass is 16.1. The number of imidazole rings is 1. The Balaban J connectivity index is 1.54. The van der Waals surface area contributed by atoms with Crippen LogP contribution in [0, 0.1) is 5.92 Å².